The fraction of sp³-hybridized carbons (Fsp3) is 1.00. The first-order valence-corrected chi connectivity index (χ1v) is 5.21. The minimum absolute atomic E-state index is 0.190. The zero-order valence-electron chi connectivity index (χ0n) is 8.05. The fourth-order valence-electron chi connectivity index (χ4n) is 2.72. The van der Waals surface area contributed by atoms with Gasteiger partial charge in [0.05, 0.1) is 0 Å². The molecular formula is C10H20N2. The molecule has 70 valence electrons. The lowest BCUT2D eigenvalue weighted by Crippen LogP contribution is -2.62. The van der Waals surface area contributed by atoms with E-state index in [-0.39, 0.29) is 5.54 Å². The van der Waals surface area contributed by atoms with Crippen molar-refractivity contribution in [3.05, 3.63) is 0 Å². The average molecular weight is 168 g/mol. The van der Waals surface area contributed by atoms with Crippen LogP contribution in [0, 0.1) is 0 Å². The van der Waals surface area contributed by atoms with E-state index in [0.29, 0.717) is 6.04 Å². The van der Waals surface area contributed by atoms with Crippen LogP contribution >= 0.6 is 0 Å². The zero-order valence-corrected chi connectivity index (χ0v) is 8.05. The van der Waals surface area contributed by atoms with E-state index in [2.05, 4.69) is 11.9 Å². The number of hydrogen-bond donors (Lipinski definition) is 1. The van der Waals surface area contributed by atoms with Crippen LogP contribution in [0.2, 0.25) is 0 Å². The van der Waals surface area contributed by atoms with Crippen LogP contribution in [0.25, 0.3) is 0 Å². The van der Waals surface area contributed by atoms with Crippen molar-refractivity contribution < 1.29 is 0 Å². The summed E-state index contributed by atoms with van der Waals surface area (Å²) in [7, 11) is 2.23. The fourth-order valence-corrected chi connectivity index (χ4v) is 2.72. The highest BCUT2D eigenvalue weighted by molar-refractivity contribution is 5.03. The highest BCUT2D eigenvalue weighted by Gasteiger charge is 2.42. The lowest BCUT2D eigenvalue weighted by Gasteiger charge is -2.50. The molecule has 2 nitrogen and oxygen atoms in total. The van der Waals surface area contributed by atoms with Gasteiger partial charge in [-0.05, 0) is 45.7 Å². The minimum atomic E-state index is 0.190. The molecule has 0 bridgehead atoms. The van der Waals surface area contributed by atoms with E-state index in [1.54, 1.807) is 0 Å². The summed E-state index contributed by atoms with van der Waals surface area (Å²) in [6.45, 7) is 1.25. The quantitative estimate of drug-likeness (QED) is 0.640. The summed E-state index contributed by atoms with van der Waals surface area (Å²) < 4.78 is 0. The summed E-state index contributed by atoms with van der Waals surface area (Å²) in [6.07, 6.45) is 7.93. The molecule has 2 aliphatic rings. The van der Waals surface area contributed by atoms with E-state index in [4.69, 9.17) is 5.73 Å². The maximum Gasteiger partial charge on any atom is 0.0312 e. The van der Waals surface area contributed by atoms with Gasteiger partial charge in [-0.2, -0.15) is 0 Å². The van der Waals surface area contributed by atoms with Crippen molar-refractivity contribution in [1.82, 2.24) is 4.90 Å². The second-order valence-corrected chi connectivity index (χ2v) is 4.58. The standard InChI is InChI=1S/C10H20N2/c1-12-8-3-2-5-9(12)10(11)6-4-7-10/h9H,2-8,11H2,1H3. The van der Waals surface area contributed by atoms with Crippen molar-refractivity contribution >= 4 is 0 Å². The number of nitrogens with zero attached hydrogens (tertiary/aromatic N) is 1. The van der Waals surface area contributed by atoms with Crippen LogP contribution in [-0.2, 0) is 0 Å². The number of likely N-dealkylation sites (N-methyl/N-ethyl adjacent to an activating group) is 1. The van der Waals surface area contributed by atoms with E-state index >= 15 is 0 Å². The summed E-state index contributed by atoms with van der Waals surface area (Å²) in [5.41, 5.74) is 6.52. The van der Waals surface area contributed by atoms with Crippen LogP contribution in [0.4, 0.5) is 0 Å². The van der Waals surface area contributed by atoms with Gasteiger partial charge < -0.3 is 10.6 Å². The molecule has 1 heterocycles. The van der Waals surface area contributed by atoms with Crippen LogP contribution < -0.4 is 5.73 Å². The van der Waals surface area contributed by atoms with Crippen molar-refractivity contribution in [3.63, 3.8) is 0 Å². The van der Waals surface area contributed by atoms with Crippen LogP contribution in [-0.4, -0.2) is 30.1 Å². The Hall–Kier alpha value is -0.0800. The predicted octanol–water partition coefficient (Wildman–Crippen LogP) is 1.35. The van der Waals surface area contributed by atoms with Crippen LogP contribution in [0.5, 0.6) is 0 Å². The molecule has 1 aliphatic heterocycles. The third-order valence-electron chi connectivity index (χ3n) is 3.72. The highest BCUT2D eigenvalue weighted by atomic mass is 15.2. The Morgan fingerprint density at radius 3 is 2.50 bits per heavy atom. The van der Waals surface area contributed by atoms with Crippen LogP contribution in [0.15, 0.2) is 0 Å². The lowest BCUT2D eigenvalue weighted by atomic mass is 9.69. The van der Waals surface area contributed by atoms with Crippen molar-refractivity contribution in [2.45, 2.75) is 50.1 Å². The number of likely N-dealkylation sites (tertiary alicyclic amines) is 1. The second-order valence-electron chi connectivity index (χ2n) is 4.58. The monoisotopic (exact) mass is 168 g/mol. The molecule has 12 heavy (non-hydrogen) atoms. The smallest absolute Gasteiger partial charge is 0.0312 e. The largest absolute Gasteiger partial charge is 0.324 e. The first-order valence-electron chi connectivity index (χ1n) is 5.21. The molecule has 1 saturated heterocycles. The highest BCUT2D eigenvalue weighted by Crippen LogP contribution is 2.37. The predicted molar refractivity (Wildman–Crippen MR) is 51.0 cm³/mol. The van der Waals surface area contributed by atoms with Crippen molar-refractivity contribution in [3.8, 4) is 0 Å². The number of piperidine rings is 1. The molecular weight excluding hydrogens is 148 g/mol. The summed E-state index contributed by atoms with van der Waals surface area (Å²) >= 11 is 0. The second kappa shape index (κ2) is 3.00. The van der Waals surface area contributed by atoms with Gasteiger partial charge in [-0.15, -0.1) is 0 Å². The van der Waals surface area contributed by atoms with E-state index in [0.717, 1.165) is 0 Å². The Morgan fingerprint density at radius 1 is 1.25 bits per heavy atom. The summed E-state index contributed by atoms with van der Waals surface area (Å²) in [5, 5.41) is 0. The van der Waals surface area contributed by atoms with Crippen molar-refractivity contribution in [2.24, 2.45) is 5.73 Å². The van der Waals surface area contributed by atoms with Gasteiger partial charge in [0.25, 0.3) is 0 Å². The molecule has 2 heteroatoms. The molecule has 0 aromatic rings. The maximum absolute atomic E-state index is 6.33. The molecule has 1 unspecified atom stereocenters. The molecule has 0 amide bonds. The van der Waals surface area contributed by atoms with Gasteiger partial charge in [0.1, 0.15) is 0 Å². The SMILES string of the molecule is CN1CCCCC1C1(N)CCC1. The molecule has 0 aromatic heterocycles. The van der Waals surface area contributed by atoms with E-state index in [1.165, 1.54) is 45.1 Å². The van der Waals surface area contributed by atoms with Gasteiger partial charge >= 0.3 is 0 Å². The van der Waals surface area contributed by atoms with Gasteiger partial charge in [0.15, 0.2) is 0 Å². The van der Waals surface area contributed by atoms with Crippen LogP contribution in [0.1, 0.15) is 38.5 Å². The Kier molecular flexibility index (Phi) is 2.13. The molecule has 2 rings (SSSR count). The summed E-state index contributed by atoms with van der Waals surface area (Å²) in [4.78, 5) is 2.47. The van der Waals surface area contributed by atoms with Gasteiger partial charge in [-0.25, -0.2) is 0 Å². The Balaban J connectivity index is 2.00. The Labute approximate surface area is 75.1 Å². The third kappa shape index (κ3) is 1.27. The number of nitrogens with two attached hydrogens (primary N) is 1. The first kappa shape index (κ1) is 8.52. The van der Waals surface area contributed by atoms with Gasteiger partial charge in [-0.1, -0.05) is 6.42 Å². The number of rotatable bonds is 1. The van der Waals surface area contributed by atoms with Gasteiger partial charge in [0.2, 0.25) is 0 Å². The molecule has 2 N–H and O–H groups in total. The normalized spacial score (nSPS) is 36.0. The molecule has 0 spiro atoms. The Morgan fingerprint density at radius 2 is 2.00 bits per heavy atom. The first-order chi connectivity index (χ1) is 5.72. The molecule has 0 radical (unpaired) electrons. The number of hydrogen-bond acceptors (Lipinski definition) is 2. The maximum atomic E-state index is 6.33. The molecule has 0 aromatic carbocycles. The third-order valence-corrected chi connectivity index (χ3v) is 3.72. The Bertz CT molecular complexity index is 163. The average Bonchev–Trinajstić information content (AvgIpc) is 2.01. The molecule has 2 fully saturated rings. The molecule has 1 aliphatic carbocycles. The van der Waals surface area contributed by atoms with E-state index in [9.17, 15) is 0 Å². The van der Waals surface area contributed by atoms with Gasteiger partial charge in [-0.3, -0.25) is 0 Å². The van der Waals surface area contributed by atoms with E-state index in [1.807, 2.05) is 0 Å². The van der Waals surface area contributed by atoms with E-state index < -0.39 is 0 Å². The lowest BCUT2D eigenvalue weighted by molar-refractivity contribution is 0.0584. The van der Waals surface area contributed by atoms with Crippen LogP contribution in [0.3, 0.4) is 0 Å². The summed E-state index contributed by atoms with van der Waals surface area (Å²) in [5.74, 6) is 0. The van der Waals surface area contributed by atoms with Gasteiger partial charge in [0, 0.05) is 11.6 Å². The zero-order chi connectivity index (χ0) is 8.60. The topological polar surface area (TPSA) is 29.3 Å². The minimum Gasteiger partial charge on any atom is -0.324 e. The summed E-state index contributed by atoms with van der Waals surface area (Å²) in [6, 6.07) is 0.681. The molecule has 1 atom stereocenters. The van der Waals surface area contributed by atoms with Crippen molar-refractivity contribution in [2.75, 3.05) is 13.6 Å². The van der Waals surface area contributed by atoms with Crippen molar-refractivity contribution in [1.29, 1.82) is 0 Å². The molecule has 1 saturated carbocycles.